The van der Waals surface area contributed by atoms with Gasteiger partial charge in [-0.3, -0.25) is 25.0 Å². The van der Waals surface area contributed by atoms with Gasteiger partial charge in [0.15, 0.2) is 0 Å². The number of carbonyl (C=O) groups is 3. The Hall–Kier alpha value is -1.63. The Balaban J connectivity index is 1.88. The van der Waals surface area contributed by atoms with E-state index < -0.39 is 11.9 Å². The predicted octanol–water partition coefficient (Wildman–Crippen LogP) is 1.33. The molecule has 0 aliphatic carbocycles. The van der Waals surface area contributed by atoms with Gasteiger partial charge in [0.1, 0.15) is 0 Å². The first-order valence-corrected chi connectivity index (χ1v) is 7.04. The average Bonchev–Trinajstić information content (AvgIpc) is 2.42. The number of hydrogen-bond acceptors (Lipinski definition) is 4. The second-order valence-electron chi connectivity index (χ2n) is 4.53. The maximum absolute atomic E-state index is 11.8. The average molecular weight is 330 g/mol. The van der Waals surface area contributed by atoms with E-state index in [2.05, 4.69) is 16.0 Å². The maximum atomic E-state index is 11.8. The highest BCUT2D eigenvalue weighted by atomic mass is 35.5. The van der Waals surface area contributed by atoms with E-state index in [1.165, 1.54) is 0 Å². The van der Waals surface area contributed by atoms with Crippen LogP contribution in [0.25, 0.3) is 0 Å². The lowest BCUT2D eigenvalue weighted by Crippen LogP contribution is -2.52. The minimum absolute atomic E-state index is 0.0895. The number of halogens is 2. The lowest BCUT2D eigenvalue weighted by Gasteiger charge is -2.21. The van der Waals surface area contributed by atoms with Gasteiger partial charge in [0.2, 0.25) is 17.7 Å². The molecule has 1 aromatic rings. The fraction of sp³-hybridized carbons (Fsp3) is 0.308. The van der Waals surface area contributed by atoms with Crippen molar-refractivity contribution in [2.45, 2.75) is 18.9 Å². The van der Waals surface area contributed by atoms with Crippen molar-refractivity contribution >= 4 is 46.6 Å². The van der Waals surface area contributed by atoms with Crippen LogP contribution in [0.3, 0.4) is 0 Å². The van der Waals surface area contributed by atoms with E-state index in [9.17, 15) is 14.4 Å². The van der Waals surface area contributed by atoms with Crippen LogP contribution in [0.1, 0.15) is 12.8 Å². The number of para-hydroxylation sites is 1. The van der Waals surface area contributed by atoms with Crippen molar-refractivity contribution in [2.75, 3.05) is 11.9 Å². The van der Waals surface area contributed by atoms with Gasteiger partial charge < -0.3 is 5.32 Å². The van der Waals surface area contributed by atoms with Crippen molar-refractivity contribution in [2.24, 2.45) is 0 Å². The van der Waals surface area contributed by atoms with E-state index in [1.807, 2.05) is 0 Å². The van der Waals surface area contributed by atoms with Crippen LogP contribution in [0.5, 0.6) is 0 Å². The van der Waals surface area contributed by atoms with Gasteiger partial charge in [-0.15, -0.1) is 0 Å². The lowest BCUT2D eigenvalue weighted by atomic mass is 10.1. The zero-order valence-corrected chi connectivity index (χ0v) is 12.4. The summed E-state index contributed by atoms with van der Waals surface area (Å²) in [5, 5.41) is 8.23. The van der Waals surface area contributed by atoms with E-state index in [1.54, 1.807) is 18.2 Å². The Morgan fingerprint density at radius 2 is 1.95 bits per heavy atom. The van der Waals surface area contributed by atoms with Crippen LogP contribution in [0.2, 0.25) is 10.0 Å². The zero-order valence-electron chi connectivity index (χ0n) is 10.9. The SMILES string of the molecule is O=C1CCC(NCC(=O)Nc2c(Cl)cccc2Cl)C(=O)N1. The van der Waals surface area contributed by atoms with Crippen LogP contribution >= 0.6 is 23.2 Å². The van der Waals surface area contributed by atoms with E-state index >= 15 is 0 Å². The monoisotopic (exact) mass is 329 g/mol. The van der Waals surface area contributed by atoms with Gasteiger partial charge >= 0.3 is 0 Å². The molecular formula is C13H13Cl2N3O3. The molecule has 2 rings (SSSR count). The molecule has 1 saturated heterocycles. The van der Waals surface area contributed by atoms with Gasteiger partial charge in [-0.25, -0.2) is 0 Å². The van der Waals surface area contributed by atoms with Gasteiger partial charge in [-0.05, 0) is 18.6 Å². The van der Waals surface area contributed by atoms with Gasteiger partial charge in [-0.1, -0.05) is 29.3 Å². The predicted molar refractivity (Wildman–Crippen MR) is 79.3 cm³/mol. The van der Waals surface area contributed by atoms with Crippen molar-refractivity contribution in [1.29, 1.82) is 0 Å². The third-order valence-corrected chi connectivity index (χ3v) is 3.61. The van der Waals surface area contributed by atoms with Gasteiger partial charge in [0.05, 0.1) is 28.3 Å². The number of rotatable bonds is 4. The number of benzene rings is 1. The minimum Gasteiger partial charge on any atom is -0.322 e. The van der Waals surface area contributed by atoms with Crippen LogP contribution < -0.4 is 16.0 Å². The molecule has 0 saturated carbocycles. The molecule has 1 heterocycles. The van der Waals surface area contributed by atoms with Crippen LogP contribution in [-0.4, -0.2) is 30.3 Å². The number of hydrogen-bond donors (Lipinski definition) is 3. The topological polar surface area (TPSA) is 87.3 Å². The molecule has 0 aromatic heterocycles. The highest BCUT2D eigenvalue weighted by Crippen LogP contribution is 2.29. The summed E-state index contributed by atoms with van der Waals surface area (Å²) in [6, 6.07) is 4.32. The molecule has 3 N–H and O–H groups in total. The van der Waals surface area contributed by atoms with Crippen molar-refractivity contribution in [3.05, 3.63) is 28.2 Å². The van der Waals surface area contributed by atoms with Crippen LogP contribution in [0, 0.1) is 0 Å². The van der Waals surface area contributed by atoms with Crippen molar-refractivity contribution in [3.63, 3.8) is 0 Å². The van der Waals surface area contributed by atoms with Crippen molar-refractivity contribution < 1.29 is 14.4 Å². The summed E-state index contributed by atoms with van der Waals surface area (Å²) >= 11 is 11.9. The summed E-state index contributed by atoms with van der Waals surface area (Å²) in [5.41, 5.74) is 0.330. The molecule has 1 atom stereocenters. The zero-order chi connectivity index (χ0) is 15.4. The molecule has 1 fully saturated rings. The third-order valence-electron chi connectivity index (χ3n) is 2.98. The highest BCUT2D eigenvalue weighted by molar-refractivity contribution is 6.39. The first-order valence-electron chi connectivity index (χ1n) is 6.28. The Bertz CT molecular complexity index is 572. The second kappa shape index (κ2) is 6.89. The molecule has 0 bridgehead atoms. The molecule has 21 heavy (non-hydrogen) atoms. The summed E-state index contributed by atoms with van der Waals surface area (Å²) in [4.78, 5) is 34.4. The van der Waals surface area contributed by atoms with E-state index in [-0.39, 0.29) is 24.8 Å². The number of imide groups is 1. The Kier molecular flexibility index (Phi) is 5.17. The molecule has 1 aliphatic heterocycles. The van der Waals surface area contributed by atoms with E-state index in [0.29, 0.717) is 22.2 Å². The lowest BCUT2D eigenvalue weighted by molar-refractivity contribution is -0.134. The van der Waals surface area contributed by atoms with Gasteiger partial charge in [0.25, 0.3) is 0 Å². The number of anilines is 1. The quantitative estimate of drug-likeness (QED) is 0.727. The molecule has 1 aliphatic rings. The molecule has 112 valence electrons. The molecular weight excluding hydrogens is 317 g/mol. The molecule has 6 nitrogen and oxygen atoms in total. The Labute approximate surface area is 131 Å². The van der Waals surface area contributed by atoms with Gasteiger partial charge in [0, 0.05) is 6.42 Å². The first kappa shape index (κ1) is 15.8. The third kappa shape index (κ3) is 4.17. The van der Waals surface area contributed by atoms with Crippen molar-refractivity contribution in [1.82, 2.24) is 10.6 Å². The smallest absolute Gasteiger partial charge is 0.243 e. The van der Waals surface area contributed by atoms with Crippen LogP contribution in [0.4, 0.5) is 5.69 Å². The summed E-state index contributed by atoms with van der Waals surface area (Å²) < 4.78 is 0. The van der Waals surface area contributed by atoms with Gasteiger partial charge in [-0.2, -0.15) is 0 Å². The highest BCUT2D eigenvalue weighted by Gasteiger charge is 2.26. The van der Waals surface area contributed by atoms with Crippen LogP contribution in [0.15, 0.2) is 18.2 Å². The molecule has 1 aromatic carbocycles. The summed E-state index contributed by atoms with van der Waals surface area (Å²) in [6.07, 6.45) is 0.617. The Morgan fingerprint density at radius 1 is 1.29 bits per heavy atom. The fourth-order valence-corrected chi connectivity index (χ4v) is 2.40. The van der Waals surface area contributed by atoms with E-state index in [4.69, 9.17) is 23.2 Å². The molecule has 0 spiro atoms. The molecule has 0 radical (unpaired) electrons. The Morgan fingerprint density at radius 3 is 2.57 bits per heavy atom. The second-order valence-corrected chi connectivity index (χ2v) is 5.34. The molecule has 8 heteroatoms. The summed E-state index contributed by atoms with van der Waals surface area (Å²) in [6.45, 7) is -0.0895. The first-order chi connectivity index (χ1) is 9.97. The number of carbonyl (C=O) groups excluding carboxylic acids is 3. The number of nitrogens with one attached hydrogen (secondary N) is 3. The molecule has 3 amide bonds. The maximum Gasteiger partial charge on any atom is 0.243 e. The minimum atomic E-state index is -0.560. The number of amides is 3. The fourth-order valence-electron chi connectivity index (χ4n) is 1.91. The summed E-state index contributed by atoms with van der Waals surface area (Å²) in [5.74, 6) is -1.10. The standard InChI is InChI=1S/C13H13Cl2N3O3/c14-7-2-1-3-8(15)12(7)17-11(20)6-16-9-4-5-10(19)18-13(9)21/h1-3,9,16H,4-6H2,(H,17,20)(H,18,19,21). The molecule has 1 unspecified atom stereocenters. The van der Waals surface area contributed by atoms with E-state index in [0.717, 1.165) is 0 Å². The van der Waals surface area contributed by atoms with Crippen molar-refractivity contribution in [3.8, 4) is 0 Å². The largest absolute Gasteiger partial charge is 0.322 e. The number of piperidine rings is 1. The van der Waals surface area contributed by atoms with Crippen LogP contribution in [-0.2, 0) is 14.4 Å². The summed E-state index contributed by atoms with van der Waals surface area (Å²) in [7, 11) is 0. The normalized spacial score (nSPS) is 18.3.